The molecule has 0 unspecified atom stereocenters. The van der Waals surface area contributed by atoms with Crippen molar-refractivity contribution >= 4 is 38.2 Å². The van der Waals surface area contributed by atoms with Crippen molar-refractivity contribution in [3.63, 3.8) is 0 Å². The summed E-state index contributed by atoms with van der Waals surface area (Å²) in [7, 11) is -3.67. The van der Waals surface area contributed by atoms with Crippen LogP contribution in [0.5, 0.6) is 0 Å². The van der Waals surface area contributed by atoms with Crippen molar-refractivity contribution < 1.29 is 31.6 Å². The van der Waals surface area contributed by atoms with Gasteiger partial charge in [0.05, 0.1) is 30.3 Å². The van der Waals surface area contributed by atoms with Crippen LogP contribution in [0.25, 0.3) is 11.0 Å². The van der Waals surface area contributed by atoms with Gasteiger partial charge in [-0.05, 0) is 60.7 Å². The summed E-state index contributed by atoms with van der Waals surface area (Å²) in [6, 6.07) is 17.9. The van der Waals surface area contributed by atoms with E-state index < -0.39 is 21.6 Å². The highest BCUT2D eigenvalue weighted by molar-refractivity contribution is 7.89. The molecule has 0 amide bonds. The lowest BCUT2D eigenvalue weighted by Gasteiger charge is -2.26. The fourth-order valence-corrected chi connectivity index (χ4v) is 5.54. The van der Waals surface area contributed by atoms with Gasteiger partial charge in [-0.2, -0.15) is 4.31 Å². The zero-order valence-electron chi connectivity index (χ0n) is 19.6. The Bertz CT molecular complexity index is 1560. The van der Waals surface area contributed by atoms with Gasteiger partial charge in [-0.1, -0.05) is 12.1 Å². The smallest absolute Gasteiger partial charge is 0.243 e. The Morgan fingerprint density at radius 2 is 1.54 bits per heavy atom. The second-order valence-electron chi connectivity index (χ2n) is 8.46. The average molecular weight is 523 g/mol. The number of ketones is 2. The number of ether oxygens (including phenoxy) is 1. The molecule has 1 aliphatic heterocycles. The summed E-state index contributed by atoms with van der Waals surface area (Å²) in [5, 5.41) is 3.63. The molecule has 37 heavy (non-hydrogen) atoms. The number of fused-ring (bicyclic) bond motifs is 1. The van der Waals surface area contributed by atoms with E-state index in [1.165, 1.54) is 52.8 Å². The summed E-state index contributed by atoms with van der Waals surface area (Å²) in [6.45, 7) is 1.09. The van der Waals surface area contributed by atoms with Crippen LogP contribution in [0.2, 0.25) is 0 Å². The van der Waals surface area contributed by atoms with E-state index in [1.807, 2.05) is 0 Å². The van der Waals surface area contributed by atoms with Gasteiger partial charge in [0.25, 0.3) is 0 Å². The molecule has 0 spiro atoms. The van der Waals surface area contributed by atoms with Crippen molar-refractivity contribution in [2.75, 3.05) is 38.2 Å². The van der Waals surface area contributed by atoms with Crippen LogP contribution >= 0.6 is 0 Å². The van der Waals surface area contributed by atoms with Gasteiger partial charge >= 0.3 is 0 Å². The highest BCUT2D eigenvalue weighted by Crippen LogP contribution is 2.32. The Balaban J connectivity index is 1.35. The molecule has 190 valence electrons. The van der Waals surface area contributed by atoms with Crippen molar-refractivity contribution in [1.29, 1.82) is 0 Å². The normalized spacial score (nSPS) is 14.5. The van der Waals surface area contributed by atoms with E-state index in [2.05, 4.69) is 5.32 Å². The number of morpholine rings is 1. The SMILES string of the molecule is O=C(CNc1c(C(=O)c2ccc(F)cc2)oc2ccccc12)c1ccc(S(=O)(=O)N2CCOCC2)cc1. The Morgan fingerprint density at radius 1 is 0.892 bits per heavy atom. The van der Waals surface area contributed by atoms with E-state index in [-0.39, 0.29) is 41.6 Å². The number of rotatable bonds is 8. The predicted molar refractivity (Wildman–Crippen MR) is 135 cm³/mol. The first-order valence-electron chi connectivity index (χ1n) is 11.6. The molecule has 0 atom stereocenters. The zero-order chi connectivity index (χ0) is 26.0. The number of para-hydroxylation sites is 1. The molecule has 1 fully saturated rings. The lowest BCUT2D eigenvalue weighted by atomic mass is 10.1. The van der Waals surface area contributed by atoms with Crippen LogP contribution in [0.1, 0.15) is 26.5 Å². The molecule has 10 heteroatoms. The van der Waals surface area contributed by atoms with E-state index in [1.54, 1.807) is 24.3 Å². The van der Waals surface area contributed by atoms with Crippen LogP contribution in [0.15, 0.2) is 82.1 Å². The number of Topliss-reactive ketones (excluding diaryl/α,β-unsaturated/α-hetero) is 1. The van der Waals surface area contributed by atoms with E-state index in [4.69, 9.17) is 9.15 Å². The van der Waals surface area contributed by atoms with Gasteiger partial charge in [0, 0.05) is 29.6 Å². The molecule has 4 aromatic rings. The van der Waals surface area contributed by atoms with Crippen LogP contribution in [0, 0.1) is 5.82 Å². The number of hydrogen-bond acceptors (Lipinski definition) is 7. The Hall–Kier alpha value is -3.86. The first-order chi connectivity index (χ1) is 17.8. The lowest BCUT2D eigenvalue weighted by molar-refractivity contribution is 0.0730. The third kappa shape index (κ3) is 5.04. The molecule has 1 saturated heterocycles. The Kier molecular flexibility index (Phi) is 6.88. The number of nitrogens with one attached hydrogen (secondary N) is 1. The van der Waals surface area contributed by atoms with Crippen molar-refractivity contribution in [3.05, 3.63) is 95.5 Å². The number of benzene rings is 3. The molecule has 2 heterocycles. The molecular weight excluding hydrogens is 499 g/mol. The summed E-state index contributed by atoms with van der Waals surface area (Å²) in [4.78, 5) is 26.1. The lowest BCUT2D eigenvalue weighted by Crippen LogP contribution is -2.40. The number of anilines is 1. The van der Waals surface area contributed by atoms with Gasteiger partial charge in [-0.3, -0.25) is 9.59 Å². The molecule has 1 N–H and O–H groups in total. The molecule has 1 aromatic heterocycles. The number of hydrogen-bond donors (Lipinski definition) is 1. The molecule has 0 saturated carbocycles. The van der Waals surface area contributed by atoms with Crippen molar-refractivity contribution in [2.24, 2.45) is 0 Å². The minimum absolute atomic E-state index is 0.00700. The van der Waals surface area contributed by atoms with E-state index in [0.29, 0.717) is 35.4 Å². The third-order valence-corrected chi connectivity index (χ3v) is 8.03. The predicted octanol–water partition coefficient (Wildman–Crippen LogP) is 4.12. The fraction of sp³-hybridized carbons (Fsp3) is 0.185. The number of sulfonamides is 1. The highest BCUT2D eigenvalue weighted by atomic mass is 32.2. The van der Waals surface area contributed by atoms with Crippen LogP contribution in [-0.2, 0) is 14.8 Å². The average Bonchev–Trinajstić information content (AvgIpc) is 3.31. The zero-order valence-corrected chi connectivity index (χ0v) is 20.5. The summed E-state index contributed by atoms with van der Waals surface area (Å²) in [6.07, 6.45) is 0. The van der Waals surface area contributed by atoms with Gasteiger partial charge < -0.3 is 14.5 Å². The van der Waals surface area contributed by atoms with Gasteiger partial charge in [0.1, 0.15) is 11.4 Å². The van der Waals surface area contributed by atoms with Crippen LogP contribution in [0.4, 0.5) is 10.1 Å². The highest BCUT2D eigenvalue weighted by Gasteiger charge is 2.27. The van der Waals surface area contributed by atoms with Crippen molar-refractivity contribution in [1.82, 2.24) is 4.31 Å². The monoisotopic (exact) mass is 522 g/mol. The minimum Gasteiger partial charge on any atom is -0.450 e. The van der Waals surface area contributed by atoms with Gasteiger partial charge in [0.2, 0.25) is 15.8 Å². The topological polar surface area (TPSA) is 106 Å². The molecule has 8 nitrogen and oxygen atoms in total. The number of nitrogens with zero attached hydrogens (tertiary/aromatic N) is 1. The van der Waals surface area contributed by atoms with Crippen LogP contribution < -0.4 is 5.32 Å². The van der Waals surface area contributed by atoms with E-state index >= 15 is 0 Å². The summed E-state index contributed by atoms with van der Waals surface area (Å²) in [5.74, 6) is -1.22. The van der Waals surface area contributed by atoms with Gasteiger partial charge in [-0.15, -0.1) is 0 Å². The summed E-state index contributed by atoms with van der Waals surface area (Å²) >= 11 is 0. The standard InChI is InChI=1S/C27H23FN2O6S/c28-20-9-5-19(6-10-20)26(32)27-25(22-3-1-2-4-24(22)36-27)29-17-23(31)18-7-11-21(12-8-18)37(33,34)30-13-15-35-16-14-30/h1-12,29H,13-17H2. The number of furan rings is 1. The Morgan fingerprint density at radius 3 is 2.24 bits per heavy atom. The number of carbonyl (C=O) groups excluding carboxylic acids is 2. The molecule has 3 aromatic carbocycles. The molecule has 1 aliphatic rings. The molecule has 5 rings (SSSR count). The molecule has 0 aliphatic carbocycles. The van der Waals surface area contributed by atoms with Crippen molar-refractivity contribution in [3.8, 4) is 0 Å². The summed E-state index contributed by atoms with van der Waals surface area (Å²) < 4.78 is 51.3. The Labute approximate surface area is 212 Å². The maximum Gasteiger partial charge on any atom is 0.243 e. The second kappa shape index (κ2) is 10.3. The fourth-order valence-electron chi connectivity index (χ4n) is 4.13. The third-order valence-electron chi connectivity index (χ3n) is 6.12. The summed E-state index contributed by atoms with van der Waals surface area (Å²) in [5.41, 5.74) is 1.37. The minimum atomic E-state index is -3.67. The number of carbonyl (C=O) groups is 2. The van der Waals surface area contributed by atoms with Crippen LogP contribution in [-0.4, -0.2) is 57.1 Å². The largest absolute Gasteiger partial charge is 0.450 e. The maximum absolute atomic E-state index is 13.3. The quantitative estimate of drug-likeness (QED) is 0.347. The van der Waals surface area contributed by atoms with E-state index in [9.17, 15) is 22.4 Å². The van der Waals surface area contributed by atoms with Crippen molar-refractivity contribution in [2.45, 2.75) is 4.90 Å². The van der Waals surface area contributed by atoms with E-state index in [0.717, 1.165) is 0 Å². The molecule has 0 radical (unpaired) electrons. The van der Waals surface area contributed by atoms with Crippen LogP contribution in [0.3, 0.4) is 0 Å². The van der Waals surface area contributed by atoms with Gasteiger partial charge in [-0.25, -0.2) is 12.8 Å². The number of halogens is 1. The molecule has 0 bridgehead atoms. The maximum atomic E-state index is 13.3. The first kappa shape index (κ1) is 24.8. The van der Waals surface area contributed by atoms with Gasteiger partial charge in [0.15, 0.2) is 11.5 Å². The molecular formula is C27H23FN2O6S. The second-order valence-corrected chi connectivity index (χ2v) is 10.4. The first-order valence-corrected chi connectivity index (χ1v) is 13.1.